The van der Waals surface area contributed by atoms with E-state index in [9.17, 15) is 5.11 Å². The lowest BCUT2D eigenvalue weighted by Gasteiger charge is -2.28. The quantitative estimate of drug-likeness (QED) is 0.791. The second-order valence-electron chi connectivity index (χ2n) is 6.63. The van der Waals surface area contributed by atoms with Crippen LogP contribution in [0.3, 0.4) is 0 Å². The largest absolute Gasteiger partial charge is 0.393 e. The van der Waals surface area contributed by atoms with Crippen molar-refractivity contribution in [1.82, 2.24) is 5.32 Å². The third-order valence-electron chi connectivity index (χ3n) is 3.56. The third-order valence-corrected chi connectivity index (χ3v) is 3.56. The number of hydrogen-bond acceptors (Lipinski definition) is 2. The van der Waals surface area contributed by atoms with Crippen LogP contribution in [0, 0.1) is 12.3 Å². The molecule has 0 heterocycles. The molecule has 0 bridgehead atoms. The summed E-state index contributed by atoms with van der Waals surface area (Å²) >= 11 is 0. The van der Waals surface area contributed by atoms with Gasteiger partial charge in [-0.3, -0.25) is 0 Å². The minimum Gasteiger partial charge on any atom is -0.393 e. The molecule has 0 aromatic heterocycles. The summed E-state index contributed by atoms with van der Waals surface area (Å²) in [6, 6.07) is 9.01. The maximum absolute atomic E-state index is 9.50. The van der Waals surface area contributed by atoms with Crippen molar-refractivity contribution in [2.24, 2.45) is 5.41 Å². The number of nitrogens with one attached hydrogen (secondary N) is 1. The van der Waals surface area contributed by atoms with Gasteiger partial charge in [-0.25, -0.2) is 0 Å². The number of aliphatic hydroxyl groups is 1. The monoisotopic (exact) mass is 263 g/mol. The minimum atomic E-state index is -0.233. The first kappa shape index (κ1) is 16.2. The average molecular weight is 263 g/mol. The van der Waals surface area contributed by atoms with Crippen molar-refractivity contribution in [3.05, 3.63) is 35.4 Å². The molecule has 0 radical (unpaired) electrons. The lowest BCUT2D eigenvalue weighted by Crippen LogP contribution is -2.38. The number of aliphatic hydroxyl groups excluding tert-OH is 1. The summed E-state index contributed by atoms with van der Waals surface area (Å²) in [5.41, 5.74) is 2.91. The van der Waals surface area contributed by atoms with Crippen LogP contribution in [0.1, 0.15) is 45.2 Å². The zero-order chi connectivity index (χ0) is 14.5. The van der Waals surface area contributed by atoms with Gasteiger partial charge in [0.05, 0.1) is 6.10 Å². The van der Waals surface area contributed by atoms with Crippen LogP contribution >= 0.6 is 0 Å². The second kappa shape index (κ2) is 7.06. The smallest absolute Gasteiger partial charge is 0.0517 e. The van der Waals surface area contributed by atoms with E-state index in [1.54, 1.807) is 0 Å². The van der Waals surface area contributed by atoms with Gasteiger partial charge < -0.3 is 10.4 Å². The fourth-order valence-electron chi connectivity index (χ4n) is 2.56. The van der Waals surface area contributed by atoms with Gasteiger partial charge in [-0.15, -0.1) is 0 Å². The third kappa shape index (κ3) is 6.22. The van der Waals surface area contributed by atoms with Crippen LogP contribution in [0.2, 0.25) is 0 Å². The summed E-state index contributed by atoms with van der Waals surface area (Å²) in [7, 11) is 0. The molecule has 0 aliphatic rings. The maximum Gasteiger partial charge on any atom is 0.0517 e. The molecule has 0 fully saturated rings. The predicted molar refractivity (Wildman–Crippen MR) is 82.4 cm³/mol. The van der Waals surface area contributed by atoms with E-state index in [1.807, 2.05) is 6.92 Å². The first-order valence-corrected chi connectivity index (χ1v) is 7.26. The van der Waals surface area contributed by atoms with Crippen molar-refractivity contribution in [3.8, 4) is 0 Å². The van der Waals surface area contributed by atoms with E-state index >= 15 is 0 Å². The normalized spacial score (nSPS) is 15.3. The molecule has 19 heavy (non-hydrogen) atoms. The van der Waals surface area contributed by atoms with Gasteiger partial charge in [0.25, 0.3) is 0 Å². The molecular formula is C17H29NO. The molecule has 1 aromatic carbocycles. The van der Waals surface area contributed by atoms with E-state index in [4.69, 9.17) is 0 Å². The van der Waals surface area contributed by atoms with Crippen molar-refractivity contribution in [3.63, 3.8) is 0 Å². The molecular weight excluding hydrogens is 234 g/mol. The molecule has 1 rings (SSSR count). The standard InChI is InChI=1S/C17H29NO/c1-13-8-6-7-9-16(13)10-14(2)18-12-17(4,5)11-15(3)19/h6-9,14-15,18-19H,10-12H2,1-5H3. The highest BCUT2D eigenvalue weighted by molar-refractivity contribution is 5.26. The predicted octanol–water partition coefficient (Wildman–Crippen LogP) is 3.31. The van der Waals surface area contributed by atoms with E-state index in [1.165, 1.54) is 11.1 Å². The number of aryl methyl sites for hydroxylation is 1. The van der Waals surface area contributed by atoms with Crippen LogP contribution in [-0.2, 0) is 6.42 Å². The van der Waals surface area contributed by atoms with E-state index in [0.29, 0.717) is 6.04 Å². The minimum absolute atomic E-state index is 0.133. The fraction of sp³-hybridized carbons (Fsp3) is 0.647. The fourth-order valence-corrected chi connectivity index (χ4v) is 2.56. The van der Waals surface area contributed by atoms with Gasteiger partial charge in [0.2, 0.25) is 0 Å². The van der Waals surface area contributed by atoms with E-state index in [0.717, 1.165) is 19.4 Å². The maximum atomic E-state index is 9.50. The van der Waals surface area contributed by atoms with Crippen molar-refractivity contribution in [2.45, 2.75) is 59.6 Å². The number of rotatable bonds is 7. The first-order chi connectivity index (χ1) is 8.80. The summed E-state index contributed by atoms with van der Waals surface area (Å²) < 4.78 is 0. The van der Waals surface area contributed by atoms with Gasteiger partial charge in [-0.2, -0.15) is 0 Å². The zero-order valence-corrected chi connectivity index (χ0v) is 13.0. The van der Waals surface area contributed by atoms with E-state index in [-0.39, 0.29) is 11.5 Å². The highest BCUT2D eigenvalue weighted by Gasteiger charge is 2.20. The molecule has 2 nitrogen and oxygen atoms in total. The van der Waals surface area contributed by atoms with Crippen LogP contribution < -0.4 is 5.32 Å². The summed E-state index contributed by atoms with van der Waals surface area (Å²) in [4.78, 5) is 0. The van der Waals surface area contributed by atoms with Gasteiger partial charge in [-0.1, -0.05) is 38.1 Å². The van der Waals surface area contributed by atoms with E-state index < -0.39 is 0 Å². The highest BCUT2D eigenvalue weighted by Crippen LogP contribution is 2.21. The lowest BCUT2D eigenvalue weighted by molar-refractivity contribution is 0.126. The highest BCUT2D eigenvalue weighted by atomic mass is 16.3. The van der Waals surface area contributed by atoms with Gasteiger partial charge in [0.1, 0.15) is 0 Å². The topological polar surface area (TPSA) is 32.3 Å². The average Bonchev–Trinajstić information content (AvgIpc) is 2.28. The lowest BCUT2D eigenvalue weighted by atomic mass is 9.86. The van der Waals surface area contributed by atoms with Crippen LogP contribution in [0.5, 0.6) is 0 Å². The molecule has 1 aromatic rings. The molecule has 2 unspecified atom stereocenters. The molecule has 0 aliphatic heterocycles. The van der Waals surface area contributed by atoms with Gasteiger partial charge in [0, 0.05) is 12.6 Å². The SMILES string of the molecule is Cc1ccccc1CC(C)NCC(C)(C)CC(C)O. The van der Waals surface area contributed by atoms with Crippen LogP contribution in [0.25, 0.3) is 0 Å². The van der Waals surface area contributed by atoms with Crippen molar-refractivity contribution < 1.29 is 5.11 Å². The molecule has 2 N–H and O–H groups in total. The van der Waals surface area contributed by atoms with Crippen LogP contribution in [0.4, 0.5) is 0 Å². The summed E-state index contributed by atoms with van der Waals surface area (Å²) in [5, 5.41) is 13.1. The number of hydrogen-bond donors (Lipinski definition) is 2. The molecule has 108 valence electrons. The van der Waals surface area contributed by atoms with Crippen LogP contribution in [-0.4, -0.2) is 23.8 Å². The molecule has 0 spiro atoms. The molecule has 2 heteroatoms. The first-order valence-electron chi connectivity index (χ1n) is 7.26. The summed E-state index contributed by atoms with van der Waals surface area (Å²) in [6.45, 7) is 11.6. The molecule has 0 aliphatic carbocycles. The van der Waals surface area contributed by atoms with Gasteiger partial charge >= 0.3 is 0 Å². The molecule has 0 saturated heterocycles. The summed E-state index contributed by atoms with van der Waals surface area (Å²) in [5.74, 6) is 0. The Morgan fingerprint density at radius 1 is 1.21 bits per heavy atom. The zero-order valence-electron chi connectivity index (χ0n) is 13.0. The van der Waals surface area contributed by atoms with Crippen molar-refractivity contribution in [2.75, 3.05) is 6.54 Å². The van der Waals surface area contributed by atoms with Crippen molar-refractivity contribution >= 4 is 0 Å². The molecule has 0 amide bonds. The Balaban J connectivity index is 2.44. The Morgan fingerprint density at radius 2 is 1.84 bits per heavy atom. The van der Waals surface area contributed by atoms with Crippen LogP contribution in [0.15, 0.2) is 24.3 Å². The van der Waals surface area contributed by atoms with Gasteiger partial charge in [-0.05, 0) is 50.2 Å². The Hall–Kier alpha value is -0.860. The Morgan fingerprint density at radius 3 is 2.42 bits per heavy atom. The Labute approximate surface area is 118 Å². The molecule has 0 saturated carbocycles. The summed E-state index contributed by atoms with van der Waals surface area (Å²) in [6.07, 6.45) is 1.65. The second-order valence-corrected chi connectivity index (χ2v) is 6.63. The number of benzene rings is 1. The molecule has 2 atom stereocenters. The van der Waals surface area contributed by atoms with Gasteiger partial charge in [0.15, 0.2) is 0 Å². The van der Waals surface area contributed by atoms with Crippen molar-refractivity contribution in [1.29, 1.82) is 0 Å². The van der Waals surface area contributed by atoms with E-state index in [2.05, 4.69) is 57.3 Å². The Bertz CT molecular complexity index is 385. The Kier molecular flexibility index (Phi) is 6.02.